The van der Waals surface area contributed by atoms with Gasteiger partial charge in [0, 0.05) is 17.0 Å². The topological polar surface area (TPSA) is 87.1 Å². The number of nitrogens with zero attached hydrogens (tertiary/aromatic N) is 1. The van der Waals surface area contributed by atoms with Crippen molar-refractivity contribution in [1.29, 1.82) is 0 Å². The standard InChI is InChI=1S/C14H18ClNO3.C6H5Cl.C2H4O2/c1-2-12(7-17)16-13(8-19-9-14(16)18)10-3-5-11(15)6-4-10;7-6-4-2-1-3-5-6;1-2(3)4/h3-6,12-13,17H,2,7-9H2,1H3;1-5H;1H3,(H,3,4)/t12-,13-;;/m0../s1. The maximum atomic E-state index is 12.1. The summed E-state index contributed by atoms with van der Waals surface area (Å²) < 4.78 is 5.34. The Labute approximate surface area is 187 Å². The molecule has 1 saturated heterocycles. The van der Waals surface area contributed by atoms with Crippen LogP contribution in [0, 0.1) is 0 Å². The van der Waals surface area contributed by atoms with Gasteiger partial charge in [0.1, 0.15) is 6.61 Å². The fourth-order valence-corrected chi connectivity index (χ4v) is 3.09. The van der Waals surface area contributed by atoms with Crippen molar-refractivity contribution in [1.82, 2.24) is 4.90 Å². The van der Waals surface area contributed by atoms with Crippen LogP contribution in [0.15, 0.2) is 54.6 Å². The van der Waals surface area contributed by atoms with Crippen molar-refractivity contribution in [2.75, 3.05) is 19.8 Å². The lowest BCUT2D eigenvalue weighted by atomic mass is 10.0. The van der Waals surface area contributed by atoms with Crippen molar-refractivity contribution < 1.29 is 24.5 Å². The number of carboxylic acids is 1. The summed E-state index contributed by atoms with van der Waals surface area (Å²) in [4.78, 5) is 22.8. The molecule has 0 bridgehead atoms. The molecule has 3 rings (SSSR count). The monoisotopic (exact) mass is 455 g/mol. The van der Waals surface area contributed by atoms with Gasteiger partial charge < -0.3 is 19.8 Å². The fourth-order valence-electron chi connectivity index (χ4n) is 2.81. The summed E-state index contributed by atoms with van der Waals surface area (Å²) >= 11 is 11.4. The molecule has 2 aromatic rings. The SMILES string of the molecule is CC(=O)O.CC[C@@H](CO)N1C(=O)COC[C@H]1c1ccc(Cl)cc1.Clc1ccccc1. The fraction of sp³-hybridized carbons (Fsp3) is 0.364. The van der Waals surface area contributed by atoms with Gasteiger partial charge in [-0.05, 0) is 36.2 Å². The highest BCUT2D eigenvalue weighted by Gasteiger charge is 2.34. The van der Waals surface area contributed by atoms with Crippen LogP contribution < -0.4 is 0 Å². The van der Waals surface area contributed by atoms with Crippen LogP contribution in [-0.2, 0) is 14.3 Å². The molecule has 2 N–H and O–H groups in total. The Morgan fingerprint density at radius 2 is 1.67 bits per heavy atom. The Balaban J connectivity index is 0.000000336. The molecule has 0 saturated carbocycles. The van der Waals surface area contributed by atoms with Gasteiger partial charge in [0.15, 0.2) is 0 Å². The number of amides is 1. The number of carboxylic acid groups (broad SMARTS) is 1. The maximum Gasteiger partial charge on any atom is 0.300 e. The summed E-state index contributed by atoms with van der Waals surface area (Å²) in [7, 11) is 0. The summed E-state index contributed by atoms with van der Waals surface area (Å²) in [6.07, 6.45) is 0.715. The number of hydrogen-bond acceptors (Lipinski definition) is 4. The van der Waals surface area contributed by atoms with Crippen LogP contribution in [0.3, 0.4) is 0 Å². The minimum atomic E-state index is -0.833. The van der Waals surface area contributed by atoms with Gasteiger partial charge in [0.25, 0.3) is 5.97 Å². The van der Waals surface area contributed by atoms with Crippen LogP contribution in [0.5, 0.6) is 0 Å². The highest BCUT2D eigenvalue weighted by molar-refractivity contribution is 6.30. The number of hydrogen-bond donors (Lipinski definition) is 2. The summed E-state index contributed by atoms with van der Waals surface area (Å²) in [5.74, 6) is -0.910. The second kappa shape index (κ2) is 14.0. The number of halogens is 2. The number of ether oxygens (including phenoxy) is 1. The molecule has 0 aromatic heterocycles. The maximum absolute atomic E-state index is 12.1. The normalized spacial score (nSPS) is 16.5. The minimum absolute atomic E-state index is 0.0354. The van der Waals surface area contributed by atoms with E-state index >= 15 is 0 Å². The van der Waals surface area contributed by atoms with Gasteiger partial charge in [-0.1, -0.05) is 60.5 Å². The first-order valence-corrected chi connectivity index (χ1v) is 10.2. The van der Waals surface area contributed by atoms with Gasteiger partial charge in [-0.15, -0.1) is 0 Å². The number of rotatable bonds is 4. The number of aliphatic hydroxyl groups excluding tert-OH is 1. The van der Waals surface area contributed by atoms with E-state index in [0.717, 1.165) is 17.5 Å². The second-order valence-corrected chi connectivity index (χ2v) is 7.32. The molecular weight excluding hydrogens is 429 g/mol. The van der Waals surface area contributed by atoms with Crippen LogP contribution in [0.4, 0.5) is 0 Å². The van der Waals surface area contributed by atoms with E-state index in [-0.39, 0.29) is 31.2 Å². The Morgan fingerprint density at radius 1 is 1.13 bits per heavy atom. The van der Waals surface area contributed by atoms with E-state index in [2.05, 4.69) is 0 Å². The molecule has 0 radical (unpaired) electrons. The van der Waals surface area contributed by atoms with Gasteiger partial charge in [-0.3, -0.25) is 9.59 Å². The predicted octanol–water partition coefficient (Wildman–Crippen LogP) is 4.44. The van der Waals surface area contributed by atoms with Crippen molar-refractivity contribution in [3.8, 4) is 0 Å². The first kappa shape index (κ1) is 25.9. The molecule has 0 aliphatic carbocycles. The Bertz CT molecular complexity index is 763. The quantitative estimate of drug-likeness (QED) is 0.711. The number of morpholine rings is 1. The lowest BCUT2D eigenvalue weighted by Gasteiger charge is -2.40. The number of aliphatic hydroxyl groups is 1. The highest BCUT2D eigenvalue weighted by Crippen LogP contribution is 2.28. The Morgan fingerprint density at radius 3 is 2.10 bits per heavy atom. The van der Waals surface area contributed by atoms with Crippen molar-refractivity contribution in [3.63, 3.8) is 0 Å². The zero-order valence-electron chi connectivity index (χ0n) is 17.0. The largest absolute Gasteiger partial charge is 0.481 e. The molecule has 2 atom stereocenters. The summed E-state index contributed by atoms with van der Waals surface area (Å²) in [6.45, 7) is 3.54. The van der Waals surface area contributed by atoms with E-state index in [1.807, 2.05) is 49.4 Å². The van der Waals surface area contributed by atoms with Gasteiger partial charge in [-0.25, -0.2) is 0 Å². The number of benzene rings is 2. The second-order valence-electron chi connectivity index (χ2n) is 6.44. The number of carbonyl (C=O) groups excluding carboxylic acids is 1. The van der Waals surface area contributed by atoms with Gasteiger partial charge in [0.05, 0.1) is 25.3 Å². The van der Waals surface area contributed by atoms with E-state index in [0.29, 0.717) is 18.1 Å². The smallest absolute Gasteiger partial charge is 0.300 e. The van der Waals surface area contributed by atoms with Crippen molar-refractivity contribution in [3.05, 3.63) is 70.2 Å². The van der Waals surface area contributed by atoms with Crippen molar-refractivity contribution in [2.45, 2.75) is 32.4 Å². The molecule has 0 unspecified atom stereocenters. The van der Waals surface area contributed by atoms with E-state index in [1.165, 1.54) is 0 Å². The third kappa shape index (κ3) is 9.13. The van der Waals surface area contributed by atoms with E-state index in [9.17, 15) is 9.90 Å². The van der Waals surface area contributed by atoms with E-state index in [4.69, 9.17) is 37.8 Å². The summed E-state index contributed by atoms with van der Waals surface area (Å²) in [5.41, 5.74) is 0.976. The third-order valence-corrected chi connectivity index (χ3v) is 4.69. The molecule has 0 spiro atoms. The van der Waals surface area contributed by atoms with Gasteiger partial charge in [0.2, 0.25) is 5.91 Å². The predicted molar refractivity (Wildman–Crippen MR) is 118 cm³/mol. The average molecular weight is 456 g/mol. The molecule has 1 amide bonds. The molecule has 2 aromatic carbocycles. The van der Waals surface area contributed by atoms with Crippen LogP contribution in [-0.4, -0.2) is 52.9 Å². The molecule has 1 aliphatic heterocycles. The first-order valence-electron chi connectivity index (χ1n) is 9.45. The molecule has 30 heavy (non-hydrogen) atoms. The highest BCUT2D eigenvalue weighted by atomic mass is 35.5. The third-order valence-electron chi connectivity index (χ3n) is 4.19. The summed E-state index contributed by atoms with van der Waals surface area (Å²) in [5, 5.41) is 18.3. The van der Waals surface area contributed by atoms with Gasteiger partial charge in [-0.2, -0.15) is 0 Å². The molecule has 6 nitrogen and oxygen atoms in total. The Hall–Kier alpha value is -2.12. The lowest BCUT2D eigenvalue weighted by Crippen LogP contribution is -2.50. The van der Waals surface area contributed by atoms with Crippen LogP contribution in [0.1, 0.15) is 31.9 Å². The minimum Gasteiger partial charge on any atom is -0.481 e. The lowest BCUT2D eigenvalue weighted by molar-refractivity contribution is -0.154. The van der Waals surface area contributed by atoms with Crippen LogP contribution >= 0.6 is 23.2 Å². The van der Waals surface area contributed by atoms with Gasteiger partial charge >= 0.3 is 0 Å². The van der Waals surface area contributed by atoms with Crippen molar-refractivity contribution in [2.24, 2.45) is 0 Å². The molecule has 1 aliphatic rings. The zero-order valence-corrected chi connectivity index (χ0v) is 18.5. The molecule has 164 valence electrons. The molecule has 1 fully saturated rings. The van der Waals surface area contributed by atoms with E-state index in [1.54, 1.807) is 17.0 Å². The molecule has 1 heterocycles. The average Bonchev–Trinajstić information content (AvgIpc) is 2.71. The van der Waals surface area contributed by atoms with Crippen LogP contribution in [0.25, 0.3) is 0 Å². The number of carbonyl (C=O) groups is 2. The zero-order chi connectivity index (χ0) is 22.5. The first-order chi connectivity index (χ1) is 14.3. The Kier molecular flexibility index (Phi) is 12.1. The van der Waals surface area contributed by atoms with Crippen molar-refractivity contribution >= 4 is 35.1 Å². The molecule has 8 heteroatoms. The molecular formula is C22H27Cl2NO5. The van der Waals surface area contributed by atoms with E-state index < -0.39 is 5.97 Å². The summed E-state index contributed by atoms with van der Waals surface area (Å²) in [6, 6.07) is 16.5. The number of aliphatic carboxylic acids is 1. The van der Waals surface area contributed by atoms with Crippen LogP contribution in [0.2, 0.25) is 10.0 Å².